The Balaban J connectivity index is 1.63. The molecule has 5 rings (SSSR count). The van der Waals surface area contributed by atoms with Gasteiger partial charge in [-0.2, -0.15) is 5.10 Å². The second kappa shape index (κ2) is 6.29. The van der Waals surface area contributed by atoms with Gasteiger partial charge in [0, 0.05) is 26.2 Å². The van der Waals surface area contributed by atoms with Gasteiger partial charge in [0.05, 0.1) is 29.5 Å². The standard InChI is InChI=1S/C19H19N7O2/c1-12(27)24-7-4-5-13(11-24)26-18-15(22-19(26)28)10-20-17(23-18)14-9-21-25-8-3-2-6-16(14)25/h2-3,6,8-10,13H,4-5,7,11H2,1H3,(H,22,28). The van der Waals surface area contributed by atoms with Crippen molar-refractivity contribution in [2.45, 2.75) is 25.8 Å². The average molecular weight is 377 g/mol. The molecule has 0 saturated carbocycles. The van der Waals surface area contributed by atoms with Crippen LogP contribution in [0.25, 0.3) is 28.1 Å². The zero-order valence-electron chi connectivity index (χ0n) is 15.4. The smallest absolute Gasteiger partial charge is 0.328 e. The zero-order valence-corrected chi connectivity index (χ0v) is 15.4. The molecule has 1 aliphatic heterocycles. The Hall–Kier alpha value is -3.49. The van der Waals surface area contributed by atoms with E-state index >= 15 is 0 Å². The van der Waals surface area contributed by atoms with Gasteiger partial charge in [0.15, 0.2) is 11.5 Å². The second-order valence-electron chi connectivity index (χ2n) is 7.08. The largest absolute Gasteiger partial charge is 0.341 e. The molecule has 142 valence electrons. The number of nitrogens with zero attached hydrogens (tertiary/aromatic N) is 6. The van der Waals surface area contributed by atoms with Gasteiger partial charge >= 0.3 is 5.69 Å². The predicted molar refractivity (Wildman–Crippen MR) is 103 cm³/mol. The summed E-state index contributed by atoms with van der Waals surface area (Å²) in [6, 6.07) is 5.68. The van der Waals surface area contributed by atoms with Gasteiger partial charge in [-0.3, -0.25) is 9.36 Å². The molecule has 5 heterocycles. The third-order valence-corrected chi connectivity index (χ3v) is 5.33. The lowest BCUT2D eigenvalue weighted by molar-refractivity contribution is -0.130. The molecule has 4 aromatic heterocycles. The molecule has 0 aliphatic carbocycles. The average Bonchev–Trinajstić information content (AvgIpc) is 3.27. The summed E-state index contributed by atoms with van der Waals surface area (Å²) in [6.07, 6.45) is 6.90. The minimum Gasteiger partial charge on any atom is -0.341 e. The van der Waals surface area contributed by atoms with Gasteiger partial charge in [-0.25, -0.2) is 19.3 Å². The number of hydrogen-bond donors (Lipinski definition) is 1. The van der Waals surface area contributed by atoms with E-state index in [9.17, 15) is 9.59 Å². The number of H-pyrrole nitrogens is 1. The molecule has 28 heavy (non-hydrogen) atoms. The number of pyridine rings is 1. The molecule has 1 saturated heterocycles. The maximum Gasteiger partial charge on any atom is 0.328 e. The van der Waals surface area contributed by atoms with E-state index in [-0.39, 0.29) is 17.6 Å². The normalized spacial score (nSPS) is 17.5. The highest BCUT2D eigenvalue weighted by molar-refractivity contribution is 5.79. The minimum absolute atomic E-state index is 0.0271. The van der Waals surface area contributed by atoms with E-state index in [4.69, 9.17) is 4.98 Å². The summed E-state index contributed by atoms with van der Waals surface area (Å²) < 4.78 is 3.43. The second-order valence-corrected chi connectivity index (χ2v) is 7.08. The van der Waals surface area contributed by atoms with Gasteiger partial charge in [-0.15, -0.1) is 0 Å². The van der Waals surface area contributed by atoms with E-state index in [1.54, 1.807) is 33.3 Å². The first-order valence-electron chi connectivity index (χ1n) is 9.27. The Morgan fingerprint density at radius 2 is 2.18 bits per heavy atom. The highest BCUT2D eigenvalue weighted by Crippen LogP contribution is 2.26. The molecule has 1 unspecified atom stereocenters. The molecule has 9 heteroatoms. The van der Waals surface area contributed by atoms with Crippen LogP contribution in [0.3, 0.4) is 0 Å². The van der Waals surface area contributed by atoms with Crippen LogP contribution in [0.5, 0.6) is 0 Å². The van der Waals surface area contributed by atoms with E-state index in [0.717, 1.165) is 30.5 Å². The number of rotatable bonds is 2. The summed E-state index contributed by atoms with van der Waals surface area (Å²) in [5.41, 5.74) is 2.62. The quantitative estimate of drug-likeness (QED) is 0.572. The van der Waals surface area contributed by atoms with Crippen LogP contribution >= 0.6 is 0 Å². The molecule has 1 N–H and O–H groups in total. The fraction of sp³-hybridized carbons (Fsp3) is 0.316. The summed E-state index contributed by atoms with van der Waals surface area (Å²) >= 11 is 0. The van der Waals surface area contributed by atoms with Gasteiger partial charge in [-0.1, -0.05) is 6.07 Å². The van der Waals surface area contributed by atoms with Crippen LogP contribution in [0.15, 0.2) is 41.6 Å². The lowest BCUT2D eigenvalue weighted by Gasteiger charge is -2.32. The molecular weight excluding hydrogens is 358 g/mol. The summed E-state index contributed by atoms with van der Waals surface area (Å²) in [6.45, 7) is 2.80. The molecule has 0 radical (unpaired) electrons. The van der Waals surface area contributed by atoms with Crippen LogP contribution in [0.2, 0.25) is 0 Å². The first kappa shape index (κ1) is 16.7. The van der Waals surface area contributed by atoms with E-state index in [0.29, 0.717) is 23.5 Å². The van der Waals surface area contributed by atoms with E-state index in [1.165, 1.54) is 0 Å². The van der Waals surface area contributed by atoms with Gasteiger partial charge in [-0.05, 0) is 25.0 Å². The van der Waals surface area contributed by atoms with Crippen LogP contribution in [0, 0.1) is 0 Å². The first-order chi connectivity index (χ1) is 13.6. The Morgan fingerprint density at radius 1 is 1.29 bits per heavy atom. The van der Waals surface area contributed by atoms with Crippen molar-refractivity contribution in [1.29, 1.82) is 0 Å². The molecule has 1 fully saturated rings. The molecule has 9 nitrogen and oxygen atoms in total. The van der Waals surface area contributed by atoms with Gasteiger partial charge in [0.1, 0.15) is 5.52 Å². The number of piperidine rings is 1. The first-order valence-corrected chi connectivity index (χ1v) is 9.27. The lowest BCUT2D eigenvalue weighted by atomic mass is 10.1. The third-order valence-electron chi connectivity index (χ3n) is 5.33. The van der Waals surface area contributed by atoms with Crippen LogP contribution in [0.4, 0.5) is 0 Å². The van der Waals surface area contributed by atoms with Crippen molar-refractivity contribution in [3.8, 4) is 11.4 Å². The zero-order chi connectivity index (χ0) is 19.3. The number of hydrogen-bond acceptors (Lipinski definition) is 5. The Kier molecular flexibility index (Phi) is 3.75. The fourth-order valence-corrected chi connectivity index (χ4v) is 3.94. The van der Waals surface area contributed by atoms with Crippen molar-refractivity contribution in [3.05, 3.63) is 47.3 Å². The number of fused-ring (bicyclic) bond motifs is 2. The predicted octanol–water partition coefficient (Wildman–Crippen LogP) is 1.62. The van der Waals surface area contributed by atoms with Crippen molar-refractivity contribution < 1.29 is 4.79 Å². The Bertz CT molecular complexity index is 1250. The molecule has 1 amide bonds. The number of carbonyl (C=O) groups is 1. The molecule has 0 aromatic carbocycles. The number of likely N-dealkylation sites (tertiary alicyclic amines) is 1. The Labute approximate surface area is 159 Å². The third kappa shape index (κ3) is 2.58. The van der Waals surface area contributed by atoms with Crippen molar-refractivity contribution in [2.75, 3.05) is 13.1 Å². The number of nitrogens with one attached hydrogen (secondary N) is 1. The van der Waals surface area contributed by atoms with Gasteiger partial charge in [0.2, 0.25) is 5.91 Å². The van der Waals surface area contributed by atoms with Gasteiger partial charge in [0.25, 0.3) is 0 Å². The molecule has 1 atom stereocenters. The summed E-state index contributed by atoms with van der Waals surface area (Å²) in [7, 11) is 0. The molecule has 4 aromatic rings. The number of amides is 1. The monoisotopic (exact) mass is 377 g/mol. The maximum absolute atomic E-state index is 12.6. The number of aromatic amines is 1. The number of carbonyl (C=O) groups excluding carboxylic acids is 1. The van der Waals surface area contributed by atoms with Crippen molar-refractivity contribution in [2.24, 2.45) is 0 Å². The number of imidazole rings is 1. The lowest BCUT2D eigenvalue weighted by Crippen LogP contribution is -2.41. The minimum atomic E-state index is -0.225. The van der Waals surface area contributed by atoms with Crippen LogP contribution in [-0.4, -0.2) is 53.0 Å². The number of aromatic nitrogens is 6. The summed E-state index contributed by atoms with van der Waals surface area (Å²) in [5.74, 6) is 0.542. The molecular formula is C19H19N7O2. The molecule has 0 spiro atoms. The van der Waals surface area contributed by atoms with Crippen LogP contribution in [-0.2, 0) is 4.79 Å². The van der Waals surface area contributed by atoms with Crippen LogP contribution in [0.1, 0.15) is 25.8 Å². The van der Waals surface area contributed by atoms with E-state index < -0.39 is 0 Å². The van der Waals surface area contributed by atoms with Crippen molar-refractivity contribution in [3.63, 3.8) is 0 Å². The fourth-order valence-electron chi connectivity index (χ4n) is 3.94. The highest BCUT2D eigenvalue weighted by atomic mass is 16.2. The highest BCUT2D eigenvalue weighted by Gasteiger charge is 2.26. The van der Waals surface area contributed by atoms with E-state index in [2.05, 4.69) is 15.1 Å². The van der Waals surface area contributed by atoms with E-state index in [1.807, 2.05) is 24.4 Å². The van der Waals surface area contributed by atoms with Crippen molar-refractivity contribution in [1.82, 2.24) is 34.0 Å². The Morgan fingerprint density at radius 3 is 3.04 bits per heavy atom. The van der Waals surface area contributed by atoms with Crippen molar-refractivity contribution >= 4 is 22.6 Å². The van der Waals surface area contributed by atoms with Crippen LogP contribution < -0.4 is 5.69 Å². The summed E-state index contributed by atoms with van der Waals surface area (Å²) in [4.78, 5) is 38.2. The maximum atomic E-state index is 12.6. The molecule has 0 bridgehead atoms. The molecule has 1 aliphatic rings. The van der Waals surface area contributed by atoms with Gasteiger partial charge < -0.3 is 9.88 Å². The SMILES string of the molecule is CC(=O)N1CCCC(n2c(=O)[nH]c3cnc(-c4cnn5ccccc45)nc32)C1. The topological polar surface area (TPSA) is 101 Å². The summed E-state index contributed by atoms with van der Waals surface area (Å²) in [5, 5.41) is 4.34.